The van der Waals surface area contributed by atoms with Crippen LogP contribution in [0.5, 0.6) is 0 Å². The van der Waals surface area contributed by atoms with Gasteiger partial charge in [0.25, 0.3) is 0 Å². The van der Waals surface area contributed by atoms with Gasteiger partial charge in [-0.25, -0.2) is 0 Å². The SMILES string of the molecule is CC1C=CC=CC1(C)O.[Na]. The molecule has 10 heavy (non-hydrogen) atoms. The minimum Gasteiger partial charge on any atom is -0.385 e. The van der Waals surface area contributed by atoms with Gasteiger partial charge in [0, 0.05) is 35.5 Å². The van der Waals surface area contributed by atoms with Crippen molar-refractivity contribution in [2.24, 2.45) is 5.92 Å². The van der Waals surface area contributed by atoms with Gasteiger partial charge in [0.15, 0.2) is 0 Å². The molecule has 0 saturated heterocycles. The van der Waals surface area contributed by atoms with E-state index in [1.54, 1.807) is 0 Å². The molecule has 1 aliphatic carbocycles. The van der Waals surface area contributed by atoms with Crippen LogP contribution in [0.25, 0.3) is 0 Å². The molecule has 0 saturated carbocycles. The van der Waals surface area contributed by atoms with Crippen molar-refractivity contribution in [3.8, 4) is 0 Å². The van der Waals surface area contributed by atoms with Crippen molar-refractivity contribution in [2.75, 3.05) is 0 Å². The summed E-state index contributed by atoms with van der Waals surface area (Å²) in [6, 6.07) is 0. The largest absolute Gasteiger partial charge is 0.385 e. The third kappa shape index (κ3) is 2.24. The average molecular weight is 147 g/mol. The molecular formula is C8H12NaO. The molecule has 0 heterocycles. The quantitative estimate of drug-likeness (QED) is 0.509. The molecule has 0 spiro atoms. The Morgan fingerprint density at radius 2 is 2.00 bits per heavy atom. The number of rotatable bonds is 0. The van der Waals surface area contributed by atoms with Crippen LogP contribution >= 0.6 is 0 Å². The predicted molar refractivity (Wildman–Crippen MR) is 43.8 cm³/mol. The van der Waals surface area contributed by atoms with Crippen LogP contribution in [0.15, 0.2) is 24.3 Å². The van der Waals surface area contributed by atoms with Crippen LogP contribution in [0.2, 0.25) is 0 Å². The zero-order chi connectivity index (χ0) is 6.91. The van der Waals surface area contributed by atoms with E-state index in [-0.39, 0.29) is 35.5 Å². The Hall–Kier alpha value is 0.440. The zero-order valence-electron chi connectivity index (χ0n) is 6.83. The second-order valence-corrected chi connectivity index (χ2v) is 2.76. The molecule has 2 atom stereocenters. The third-order valence-corrected chi connectivity index (χ3v) is 1.87. The van der Waals surface area contributed by atoms with Crippen LogP contribution in [0.3, 0.4) is 0 Å². The molecule has 0 fully saturated rings. The molecule has 1 N–H and O–H groups in total. The molecule has 0 aromatic rings. The summed E-state index contributed by atoms with van der Waals surface area (Å²) >= 11 is 0. The van der Waals surface area contributed by atoms with Crippen LogP contribution < -0.4 is 0 Å². The first-order valence-electron chi connectivity index (χ1n) is 3.21. The fourth-order valence-electron chi connectivity index (χ4n) is 0.828. The molecule has 0 bridgehead atoms. The summed E-state index contributed by atoms with van der Waals surface area (Å²) in [6.45, 7) is 3.82. The maximum Gasteiger partial charge on any atom is 0.0862 e. The van der Waals surface area contributed by atoms with Crippen molar-refractivity contribution in [3.05, 3.63) is 24.3 Å². The van der Waals surface area contributed by atoms with Crippen molar-refractivity contribution in [1.29, 1.82) is 0 Å². The first kappa shape index (κ1) is 10.4. The normalized spacial score (nSPS) is 37.3. The standard InChI is InChI=1S/C8H12O.Na/c1-7-5-3-4-6-8(7,2)9;/h3-7,9H,1-2H3;. The fraction of sp³-hybridized carbons (Fsp3) is 0.500. The van der Waals surface area contributed by atoms with Crippen LogP contribution in [0.4, 0.5) is 0 Å². The molecular weight excluding hydrogens is 135 g/mol. The molecule has 2 unspecified atom stereocenters. The molecule has 0 aromatic heterocycles. The summed E-state index contributed by atoms with van der Waals surface area (Å²) in [5.74, 6) is 0.238. The first-order valence-corrected chi connectivity index (χ1v) is 3.21. The van der Waals surface area contributed by atoms with E-state index < -0.39 is 5.60 Å². The minimum atomic E-state index is -0.630. The summed E-state index contributed by atoms with van der Waals surface area (Å²) in [5, 5.41) is 9.50. The Kier molecular flexibility index (Phi) is 3.89. The summed E-state index contributed by atoms with van der Waals surface area (Å²) < 4.78 is 0. The van der Waals surface area contributed by atoms with Crippen molar-refractivity contribution in [1.82, 2.24) is 0 Å². The van der Waals surface area contributed by atoms with Crippen LogP contribution in [-0.2, 0) is 0 Å². The van der Waals surface area contributed by atoms with Gasteiger partial charge in [-0.1, -0.05) is 31.2 Å². The summed E-state index contributed by atoms with van der Waals surface area (Å²) in [7, 11) is 0. The Labute approximate surface area is 84.1 Å². The van der Waals surface area contributed by atoms with Gasteiger partial charge in [-0.2, -0.15) is 0 Å². The van der Waals surface area contributed by atoms with E-state index >= 15 is 0 Å². The second kappa shape index (κ2) is 3.72. The van der Waals surface area contributed by atoms with Crippen molar-refractivity contribution in [3.63, 3.8) is 0 Å². The van der Waals surface area contributed by atoms with Gasteiger partial charge in [-0.3, -0.25) is 0 Å². The van der Waals surface area contributed by atoms with E-state index in [0.29, 0.717) is 0 Å². The first-order chi connectivity index (χ1) is 4.13. The molecule has 2 heteroatoms. The summed E-state index contributed by atoms with van der Waals surface area (Å²) in [6.07, 6.45) is 7.65. The van der Waals surface area contributed by atoms with Gasteiger partial charge in [0.2, 0.25) is 0 Å². The van der Waals surface area contributed by atoms with Crippen molar-refractivity contribution < 1.29 is 5.11 Å². The third-order valence-electron chi connectivity index (χ3n) is 1.87. The van der Waals surface area contributed by atoms with Gasteiger partial charge in [0.05, 0.1) is 5.60 Å². The topological polar surface area (TPSA) is 20.2 Å². The number of aliphatic hydroxyl groups is 1. The summed E-state index contributed by atoms with van der Waals surface area (Å²) in [4.78, 5) is 0. The minimum absolute atomic E-state index is 0. The van der Waals surface area contributed by atoms with Crippen LogP contribution in [0, 0.1) is 5.92 Å². The van der Waals surface area contributed by atoms with Gasteiger partial charge in [-0.05, 0) is 6.92 Å². The molecule has 51 valence electrons. The molecule has 1 nitrogen and oxygen atoms in total. The van der Waals surface area contributed by atoms with Gasteiger partial charge >= 0.3 is 0 Å². The van der Waals surface area contributed by atoms with E-state index in [2.05, 4.69) is 0 Å². The van der Waals surface area contributed by atoms with E-state index in [0.717, 1.165) is 0 Å². The molecule has 0 amide bonds. The Morgan fingerprint density at radius 3 is 2.30 bits per heavy atom. The Morgan fingerprint density at radius 1 is 1.40 bits per heavy atom. The molecule has 0 aromatic carbocycles. The van der Waals surface area contributed by atoms with Crippen LogP contribution in [-0.4, -0.2) is 40.3 Å². The Balaban J connectivity index is 0.000000810. The summed E-state index contributed by atoms with van der Waals surface area (Å²) in [5.41, 5.74) is -0.630. The monoisotopic (exact) mass is 147 g/mol. The van der Waals surface area contributed by atoms with E-state index in [1.165, 1.54) is 0 Å². The Bertz CT molecular complexity index is 159. The zero-order valence-corrected chi connectivity index (χ0v) is 8.83. The fourth-order valence-corrected chi connectivity index (χ4v) is 0.828. The van der Waals surface area contributed by atoms with Crippen molar-refractivity contribution >= 4 is 29.6 Å². The smallest absolute Gasteiger partial charge is 0.0862 e. The van der Waals surface area contributed by atoms with E-state index in [9.17, 15) is 5.11 Å². The second-order valence-electron chi connectivity index (χ2n) is 2.76. The van der Waals surface area contributed by atoms with Gasteiger partial charge < -0.3 is 5.11 Å². The number of hydrogen-bond donors (Lipinski definition) is 1. The maximum atomic E-state index is 9.50. The van der Waals surface area contributed by atoms with E-state index in [4.69, 9.17) is 0 Å². The predicted octanol–water partition coefficient (Wildman–Crippen LogP) is 1.12. The van der Waals surface area contributed by atoms with Gasteiger partial charge in [0.1, 0.15) is 0 Å². The van der Waals surface area contributed by atoms with Gasteiger partial charge in [-0.15, -0.1) is 0 Å². The molecule has 1 radical (unpaired) electrons. The average Bonchev–Trinajstić information content (AvgIpc) is 1.77. The molecule has 1 rings (SSSR count). The van der Waals surface area contributed by atoms with Crippen LogP contribution in [0.1, 0.15) is 13.8 Å². The molecule has 0 aliphatic heterocycles. The molecule has 1 aliphatic rings. The number of hydrogen-bond acceptors (Lipinski definition) is 1. The maximum absolute atomic E-state index is 9.50. The number of allylic oxidation sites excluding steroid dienone is 2. The van der Waals surface area contributed by atoms with E-state index in [1.807, 2.05) is 38.2 Å². The van der Waals surface area contributed by atoms with Crippen molar-refractivity contribution in [2.45, 2.75) is 19.4 Å².